The van der Waals surface area contributed by atoms with E-state index >= 15 is 0 Å². The van der Waals surface area contributed by atoms with Crippen molar-refractivity contribution in [2.45, 2.75) is 19.9 Å². The summed E-state index contributed by atoms with van der Waals surface area (Å²) in [6.45, 7) is 7.51. The summed E-state index contributed by atoms with van der Waals surface area (Å²) >= 11 is 3.48. The first kappa shape index (κ1) is 24.7. The second kappa shape index (κ2) is 10.9. The molecule has 8 heteroatoms. The number of carbonyl (C=O) groups is 3. The van der Waals surface area contributed by atoms with Crippen LogP contribution in [-0.2, 0) is 16.1 Å². The van der Waals surface area contributed by atoms with Crippen LogP contribution in [0.25, 0.3) is 10.9 Å². The zero-order valence-electron chi connectivity index (χ0n) is 19.6. The number of para-hydroxylation sites is 1. The number of rotatable bonds is 10. The van der Waals surface area contributed by atoms with Crippen LogP contribution in [-0.4, -0.2) is 53.3 Å². The molecule has 182 valence electrons. The van der Waals surface area contributed by atoms with Crippen molar-refractivity contribution < 1.29 is 19.1 Å². The average molecular weight is 538 g/mol. The molecule has 35 heavy (non-hydrogen) atoms. The minimum atomic E-state index is -0.217. The van der Waals surface area contributed by atoms with E-state index in [2.05, 4.69) is 27.8 Å². The van der Waals surface area contributed by atoms with Crippen molar-refractivity contribution in [1.29, 1.82) is 0 Å². The molecule has 1 fully saturated rings. The number of benzene rings is 2. The van der Waals surface area contributed by atoms with Gasteiger partial charge in [-0.25, -0.2) is 0 Å². The van der Waals surface area contributed by atoms with E-state index in [-0.39, 0.29) is 30.1 Å². The number of hydrogen-bond donors (Lipinski definition) is 1. The van der Waals surface area contributed by atoms with E-state index in [1.807, 2.05) is 54.0 Å². The van der Waals surface area contributed by atoms with Gasteiger partial charge in [-0.05, 0) is 42.8 Å². The molecule has 1 aromatic heterocycles. The molecule has 0 aliphatic carbocycles. The third kappa shape index (κ3) is 5.82. The van der Waals surface area contributed by atoms with Crippen LogP contribution in [0.4, 0.5) is 0 Å². The monoisotopic (exact) mass is 537 g/mol. The van der Waals surface area contributed by atoms with Gasteiger partial charge in [-0.3, -0.25) is 14.4 Å². The van der Waals surface area contributed by atoms with Crippen molar-refractivity contribution in [2.24, 2.45) is 5.92 Å². The highest BCUT2D eigenvalue weighted by Crippen LogP contribution is 2.26. The molecule has 2 aromatic carbocycles. The molecule has 0 bridgehead atoms. The Kier molecular flexibility index (Phi) is 7.70. The SMILES string of the molecule is C=CC(=O)N1CC(CC(=O)Cn2cc(C(=O)NCCOc3ccccc3C)c3cc(Br)ccc32)C1. The summed E-state index contributed by atoms with van der Waals surface area (Å²) in [6.07, 6.45) is 3.43. The van der Waals surface area contributed by atoms with Crippen LogP contribution in [0.15, 0.2) is 65.8 Å². The zero-order chi connectivity index (χ0) is 24.9. The number of nitrogens with one attached hydrogen (secondary N) is 1. The van der Waals surface area contributed by atoms with Gasteiger partial charge in [0.1, 0.15) is 12.4 Å². The summed E-state index contributed by atoms with van der Waals surface area (Å²) in [4.78, 5) is 39.0. The van der Waals surface area contributed by atoms with Crippen LogP contribution >= 0.6 is 15.9 Å². The van der Waals surface area contributed by atoms with Gasteiger partial charge in [-0.2, -0.15) is 0 Å². The topological polar surface area (TPSA) is 80.6 Å². The molecular formula is C27H28BrN3O4. The van der Waals surface area contributed by atoms with Crippen molar-refractivity contribution in [1.82, 2.24) is 14.8 Å². The average Bonchev–Trinajstić information content (AvgIpc) is 3.16. The predicted octanol–water partition coefficient (Wildman–Crippen LogP) is 4.12. The van der Waals surface area contributed by atoms with E-state index in [1.54, 1.807) is 11.1 Å². The Morgan fingerprint density at radius 3 is 2.71 bits per heavy atom. The molecule has 1 aliphatic rings. The number of halogens is 1. The number of Topliss-reactive ketones (excluding diaryl/α,β-unsaturated/α-hetero) is 1. The molecule has 7 nitrogen and oxygen atoms in total. The molecule has 1 N–H and O–H groups in total. The van der Waals surface area contributed by atoms with E-state index in [4.69, 9.17) is 4.74 Å². The largest absolute Gasteiger partial charge is 0.491 e. The molecule has 0 saturated carbocycles. The Balaban J connectivity index is 1.38. The van der Waals surface area contributed by atoms with Crippen LogP contribution in [0.3, 0.4) is 0 Å². The van der Waals surface area contributed by atoms with Crippen LogP contribution in [0.2, 0.25) is 0 Å². The van der Waals surface area contributed by atoms with E-state index < -0.39 is 0 Å². The van der Waals surface area contributed by atoms with Gasteiger partial charge in [-0.1, -0.05) is 40.7 Å². The van der Waals surface area contributed by atoms with Crippen LogP contribution in [0.1, 0.15) is 22.3 Å². The maximum absolute atomic E-state index is 13.0. The second-order valence-corrected chi connectivity index (χ2v) is 9.67. The lowest BCUT2D eigenvalue weighted by atomic mass is 9.94. The molecule has 0 atom stereocenters. The smallest absolute Gasteiger partial charge is 0.253 e. The van der Waals surface area contributed by atoms with Gasteiger partial charge >= 0.3 is 0 Å². The number of aryl methyl sites for hydroxylation is 1. The minimum Gasteiger partial charge on any atom is -0.491 e. The molecule has 1 saturated heterocycles. The van der Waals surface area contributed by atoms with Gasteiger partial charge in [0.05, 0.1) is 18.7 Å². The fraction of sp³-hybridized carbons (Fsp3) is 0.296. The number of aromatic nitrogens is 1. The summed E-state index contributed by atoms with van der Waals surface area (Å²) in [5.74, 6) is 0.711. The molecule has 2 amide bonds. The van der Waals surface area contributed by atoms with Gasteiger partial charge < -0.3 is 19.5 Å². The number of carbonyl (C=O) groups excluding carboxylic acids is 3. The molecule has 4 rings (SSSR count). The highest BCUT2D eigenvalue weighted by atomic mass is 79.9. The summed E-state index contributed by atoms with van der Waals surface area (Å²) in [5, 5.41) is 3.69. The lowest BCUT2D eigenvalue weighted by Gasteiger charge is -2.38. The summed E-state index contributed by atoms with van der Waals surface area (Å²) in [5.41, 5.74) is 2.37. The van der Waals surface area contributed by atoms with Crippen molar-refractivity contribution in [3.8, 4) is 5.75 Å². The molecular weight excluding hydrogens is 510 g/mol. The van der Waals surface area contributed by atoms with Crippen molar-refractivity contribution in [2.75, 3.05) is 26.2 Å². The molecule has 3 aromatic rings. The Labute approximate surface area is 212 Å². The molecule has 0 spiro atoms. The van der Waals surface area contributed by atoms with E-state index in [1.165, 1.54) is 6.08 Å². The van der Waals surface area contributed by atoms with E-state index in [9.17, 15) is 14.4 Å². The first-order chi connectivity index (χ1) is 16.9. The van der Waals surface area contributed by atoms with E-state index in [0.717, 1.165) is 26.7 Å². The fourth-order valence-corrected chi connectivity index (χ4v) is 4.67. The molecule has 2 heterocycles. The van der Waals surface area contributed by atoms with Crippen LogP contribution < -0.4 is 10.1 Å². The molecule has 0 unspecified atom stereocenters. The Morgan fingerprint density at radius 2 is 1.97 bits per heavy atom. The third-order valence-electron chi connectivity index (χ3n) is 6.13. The fourth-order valence-electron chi connectivity index (χ4n) is 4.30. The van der Waals surface area contributed by atoms with Crippen molar-refractivity contribution in [3.63, 3.8) is 0 Å². The number of ketones is 1. The Hall–Kier alpha value is -3.39. The standard InChI is InChI=1S/C27H28BrN3O4/c1-3-26(33)31-14-19(15-31)12-21(32)16-30-17-23(22-13-20(28)8-9-24(22)30)27(34)29-10-11-35-25-7-5-4-6-18(25)2/h3-9,13,17,19H,1,10-12,14-16H2,2H3,(H,29,34). The maximum Gasteiger partial charge on any atom is 0.253 e. The van der Waals surface area contributed by atoms with Gasteiger partial charge in [0.2, 0.25) is 5.91 Å². The lowest BCUT2D eigenvalue weighted by Crippen LogP contribution is -2.50. The van der Waals surface area contributed by atoms with Gasteiger partial charge in [0, 0.05) is 47.0 Å². The normalized spacial score (nSPS) is 13.4. The zero-order valence-corrected chi connectivity index (χ0v) is 21.2. The minimum absolute atomic E-state index is 0.0686. The quantitative estimate of drug-likeness (QED) is 0.311. The van der Waals surface area contributed by atoms with Crippen LogP contribution in [0.5, 0.6) is 5.75 Å². The van der Waals surface area contributed by atoms with E-state index in [0.29, 0.717) is 38.2 Å². The van der Waals surface area contributed by atoms with Crippen LogP contribution in [0, 0.1) is 12.8 Å². The van der Waals surface area contributed by atoms with Gasteiger partial charge in [-0.15, -0.1) is 0 Å². The van der Waals surface area contributed by atoms with Crippen molar-refractivity contribution in [3.05, 3.63) is 76.9 Å². The van der Waals surface area contributed by atoms with Gasteiger partial charge in [0.25, 0.3) is 5.91 Å². The number of fused-ring (bicyclic) bond motifs is 1. The Morgan fingerprint density at radius 1 is 1.20 bits per heavy atom. The highest BCUT2D eigenvalue weighted by Gasteiger charge is 2.31. The summed E-state index contributed by atoms with van der Waals surface area (Å²) in [7, 11) is 0. The molecule has 0 radical (unpaired) electrons. The first-order valence-corrected chi connectivity index (χ1v) is 12.3. The number of nitrogens with zero attached hydrogens (tertiary/aromatic N) is 2. The first-order valence-electron chi connectivity index (χ1n) is 11.5. The number of ether oxygens (including phenoxy) is 1. The summed E-state index contributed by atoms with van der Waals surface area (Å²) < 4.78 is 8.45. The number of hydrogen-bond acceptors (Lipinski definition) is 4. The summed E-state index contributed by atoms with van der Waals surface area (Å²) in [6, 6.07) is 13.4. The third-order valence-corrected chi connectivity index (χ3v) is 6.63. The Bertz CT molecular complexity index is 1280. The number of likely N-dealkylation sites (tertiary alicyclic amines) is 1. The van der Waals surface area contributed by atoms with Crippen molar-refractivity contribution >= 4 is 44.4 Å². The second-order valence-electron chi connectivity index (χ2n) is 8.76. The van der Waals surface area contributed by atoms with Gasteiger partial charge in [0.15, 0.2) is 5.78 Å². The number of amides is 2. The highest BCUT2D eigenvalue weighted by molar-refractivity contribution is 9.10. The maximum atomic E-state index is 13.0. The predicted molar refractivity (Wildman–Crippen MR) is 139 cm³/mol. The molecule has 1 aliphatic heterocycles. The lowest BCUT2D eigenvalue weighted by molar-refractivity contribution is -0.134.